The number of sulfone groups is 1. The molecule has 1 saturated carbocycles. The van der Waals surface area contributed by atoms with E-state index in [1.165, 1.54) is 7.11 Å². The predicted molar refractivity (Wildman–Crippen MR) is 92.3 cm³/mol. The maximum atomic E-state index is 12.1. The number of aryl methyl sites for hydroxylation is 1. The van der Waals surface area contributed by atoms with Gasteiger partial charge in [-0.1, -0.05) is 30.3 Å². The first-order valence-corrected chi connectivity index (χ1v) is 9.24. The minimum Gasteiger partial charge on any atom is -0.469 e. The summed E-state index contributed by atoms with van der Waals surface area (Å²) in [5.74, 6) is -1.18. The lowest BCUT2D eigenvalue weighted by Crippen LogP contribution is -2.42. The molecule has 0 bridgehead atoms. The Labute approximate surface area is 143 Å². The summed E-state index contributed by atoms with van der Waals surface area (Å²) in [5.41, 5.74) is 7.12. The Hall–Kier alpha value is -1.11. The second kappa shape index (κ2) is 8.66. The molecule has 1 fully saturated rings. The molecule has 0 aromatic heterocycles. The highest BCUT2D eigenvalue weighted by Gasteiger charge is 2.39. The summed E-state index contributed by atoms with van der Waals surface area (Å²) >= 11 is 0. The third kappa shape index (κ3) is 5.79. The summed E-state index contributed by atoms with van der Waals surface area (Å²) in [5, 5.41) is -0.258. The van der Waals surface area contributed by atoms with Gasteiger partial charge in [0.2, 0.25) is 0 Å². The smallest absolute Gasteiger partial charge is 0.310 e. The van der Waals surface area contributed by atoms with E-state index in [1.807, 2.05) is 30.3 Å². The molecule has 1 aliphatic rings. The lowest BCUT2D eigenvalue weighted by molar-refractivity contribution is -0.146. The fraction of sp³-hybridized carbons (Fsp3) is 0.562. The SMILES string of the molecule is COC(=O)C(CCc1ccccc1)C(N)CS(=O)(=O)C1CC1.Cl. The highest BCUT2D eigenvalue weighted by molar-refractivity contribution is 7.92. The van der Waals surface area contributed by atoms with E-state index >= 15 is 0 Å². The van der Waals surface area contributed by atoms with Gasteiger partial charge in [0.15, 0.2) is 9.84 Å². The second-order valence-corrected chi connectivity index (χ2v) is 8.17. The summed E-state index contributed by atoms with van der Waals surface area (Å²) in [6.45, 7) is 0. The molecule has 1 aliphatic carbocycles. The normalized spacial score (nSPS) is 17.0. The maximum Gasteiger partial charge on any atom is 0.310 e. The van der Waals surface area contributed by atoms with E-state index in [0.29, 0.717) is 25.7 Å². The van der Waals surface area contributed by atoms with Crippen LogP contribution in [0.5, 0.6) is 0 Å². The first-order valence-electron chi connectivity index (χ1n) is 7.53. The van der Waals surface area contributed by atoms with E-state index in [-0.39, 0.29) is 23.4 Å². The average molecular weight is 362 g/mol. The van der Waals surface area contributed by atoms with E-state index in [0.717, 1.165) is 5.56 Å². The van der Waals surface area contributed by atoms with Gasteiger partial charge in [0, 0.05) is 6.04 Å². The molecule has 2 N–H and O–H groups in total. The van der Waals surface area contributed by atoms with Crippen LogP contribution < -0.4 is 5.73 Å². The van der Waals surface area contributed by atoms with Gasteiger partial charge in [0.1, 0.15) is 0 Å². The largest absolute Gasteiger partial charge is 0.469 e. The predicted octanol–water partition coefficient (Wildman–Crippen LogP) is 1.73. The second-order valence-electron chi connectivity index (χ2n) is 5.85. The van der Waals surface area contributed by atoms with Crippen molar-refractivity contribution in [3.8, 4) is 0 Å². The zero-order valence-corrected chi connectivity index (χ0v) is 14.8. The van der Waals surface area contributed by atoms with Crippen molar-refractivity contribution in [3.63, 3.8) is 0 Å². The summed E-state index contributed by atoms with van der Waals surface area (Å²) < 4.78 is 28.9. The molecule has 2 rings (SSSR count). The van der Waals surface area contributed by atoms with Gasteiger partial charge in [-0.3, -0.25) is 4.79 Å². The number of methoxy groups -OCH3 is 1. The van der Waals surface area contributed by atoms with Gasteiger partial charge in [-0.25, -0.2) is 8.42 Å². The standard InChI is InChI=1S/C16H23NO4S.ClH/c1-21-16(18)14(10-7-12-5-3-2-4-6-12)15(17)11-22(19,20)13-8-9-13;/h2-6,13-15H,7-11,17H2,1H3;1H. The Kier molecular flexibility index (Phi) is 7.51. The third-order valence-electron chi connectivity index (χ3n) is 4.06. The van der Waals surface area contributed by atoms with Gasteiger partial charge in [0.25, 0.3) is 0 Å². The molecule has 0 spiro atoms. The van der Waals surface area contributed by atoms with E-state index in [4.69, 9.17) is 10.5 Å². The van der Waals surface area contributed by atoms with Crippen LogP contribution in [0, 0.1) is 5.92 Å². The Balaban J connectivity index is 0.00000264. The van der Waals surface area contributed by atoms with Crippen LogP contribution in [-0.2, 0) is 25.8 Å². The minimum absolute atomic E-state index is 0. The Morgan fingerprint density at radius 3 is 2.43 bits per heavy atom. The number of hydrogen-bond acceptors (Lipinski definition) is 5. The monoisotopic (exact) mass is 361 g/mol. The van der Waals surface area contributed by atoms with Crippen molar-refractivity contribution in [3.05, 3.63) is 35.9 Å². The van der Waals surface area contributed by atoms with Crippen LogP contribution in [0.1, 0.15) is 24.8 Å². The molecule has 0 aliphatic heterocycles. The molecule has 1 aromatic rings. The molecule has 1 aromatic carbocycles. The number of halogens is 1. The molecule has 0 saturated heterocycles. The molecule has 5 nitrogen and oxygen atoms in total. The maximum absolute atomic E-state index is 12.1. The number of esters is 1. The van der Waals surface area contributed by atoms with Crippen molar-refractivity contribution in [2.45, 2.75) is 37.0 Å². The van der Waals surface area contributed by atoms with Crippen LogP contribution in [0.15, 0.2) is 30.3 Å². The lowest BCUT2D eigenvalue weighted by atomic mass is 9.94. The highest BCUT2D eigenvalue weighted by Crippen LogP contribution is 2.30. The third-order valence-corrected chi connectivity index (χ3v) is 6.40. The number of ether oxygens (including phenoxy) is 1. The van der Waals surface area contributed by atoms with E-state index < -0.39 is 27.8 Å². The quantitative estimate of drug-likeness (QED) is 0.712. The Morgan fingerprint density at radius 2 is 1.91 bits per heavy atom. The van der Waals surface area contributed by atoms with E-state index in [1.54, 1.807) is 0 Å². The topological polar surface area (TPSA) is 86.5 Å². The average Bonchev–Trinajstić information content (AvgIpc) is 3.33. The van der Waals surface area contributed by atoms with Crippen molar-refractivity contribution < 1.29 is 17.9 Å². The molecule has 2 atom stereocenters. The van der Waals surface area contributed by atoms with Crippen LogP contribution in [0.4, 0.5) is 0 Å². The van der Waals surface area contributed by atoms with Crippen molar-refractivity contribution in [1.82, 2.24) is 0 Å². The first-order chi connectivity index (χ1) is 10.4. The molecular formula is C16H24ClNO4S. The van der Waals surface area contributed by atoms with Crippen LogP contribution in [0.2, 0.25) is 0 Å². The van der Waals surface area contributed by atoms with Crippen molar-refractivity contribution >= 4 is 28.2 Å². The van der Waals surface area contributed by atoms with Crippen LogP contribution in [0.3, 0.4) is 0 Å². The van der Waals surface area contributed by atoms with E-state index in [9.17, 15) is 13.2 Å². The van der Waals surface area contributed by atoms with Crippen LogP contribution >= 0.6 is 12.4 Å². The number of hydrogen-bond donors (Lipinski definition) is 1. The summed E-state index contributed by atoms with van der Waals surface area (Å²) in [7, 11) is -1.88. The molecule has 7 heteroatoms. The highest BCUT2D eigenvalue weighted by atomic mass is 35.5. The first kappa shape index (κ1) is 19.9. The van der Waals surface area contributed by atoms with Crippen molar-refractivity contribution in [2.75, 3.05) is 12.9 Å². The number of carbonyl (C=O) groups is 1. The van der Waals surface area contributed by atoms with Crippen molar-refractivity contribution in [1.29, 1.82) is 0 Å². The fourth-order valence-corrected chi connectivity index (χ4v) is 4.47. The number of nitrogens with two attached hydrogens (primary N) is 1. The number of carbonyl (C=O) groups excluding carboxylic acids is 1. The van der Waals surface area contributed by atoms with Gasteiger partial charge >= 0.3 is 5.97 Å². The van der Waals surface area contributed by atoms with Crippen LogP contribution in [-0.4, -0.2) is 38.5 Å². The van der Waals surface area contributed by atoms with Gasteiger partial charge in [-0.15, -0.1) is 12.4 Å². The molecule has 0 amide bonds. The van der Waals surface area contributed by atoms with Gasteiger partial charge in [0.05, 0.1) is 24.0 Å². The summed E-state index contributed by atoms with van der Waals surface area (Å²) in [6, 6.07) is 9.01. The number of rotatable bonds is 8. The minimum atomic E-state index is -3.19. The molecule has 2 unspecified atom stereocenters. The van der Waals surface area contributed by atoms with Gasteiger partial charge in [-0.2, -0.15) is 0 Å². The van der Waals surface area contributed by atoms with E-state index in [2.05, 4.69) is 0 Å². The van der Waals surface area contributed by atoms with Gasteiger partial charge in [-0.05, 0) is 31.2 Å². The zero-order chi connectivity index (χ0) is 16.2. The fourth-order valence-electron chi connectivity index (χ4n) is 2.57. The molecular weight excluding hydrogens is 338 g/mol. The van der Waals surface area contributed by atoms with Gasteiger partial charge < -0.3 is 10.5 Å². The lowest BCUT2D eigenvalue weighted by Gasteiger charge is -2.21. The Bertz CT molecular complexity index is 602. The summed E-state index contributed by atoms with van der Waals surface area (Å²) in [6.07, 6.45) is 2.57. The molecule has 0 radical (unpaired) electrons. The molecule has 23 heavy (non-hydrogen) atoms. The molecule has 130 valence electrons. The van der Waals surface area contributed by atoms with Crippen LogP contribution in [0.25, 0.3) is 0 Å². The Morgan fingerprint density at radius 1 is 1.30 bits per heavy atom. The summed E-state index contributed by atoms with van der Waals surface area (Å²) in [4.78, 5) is 11.9. The molecule has 0 heterocycles. The zero-order valence-electron chi connectivity index (χ0n) is 13.2. The number of benzene rings is 1. The van der Waals surface area contributed by atoms with Crippen molar-refractivity contribution in [2.24, 2.45) is 11.7 Å².